The highest BCUT2D eigenvalue weighted by Crippen LogP contribution is 2.40. The third-order valence-electron chi connectivity index (χ3n) is 8.36. The van der Waals surface area contributed by atoms with Crippen LogP contribution < -0.4 is 34.4 Å². The molecule has 5 rings (SSSR count). The molecule has 12 N–H and O–H groups in total. The summed E-state index contributed by atoms with van der Waals surface area (Å²) in [6, 6.07) is 24.3. The highest BCUT2D eigenvalue weighted by atomic mass is 15.0. The van der Waals surface area contributed by atoms with E-state index in [1.165, 1.54) is 33.2 Å². The zero-order valence-electron chi connectivity index (χ0n) is 24.5. The summed E-state index contributed by atoms with van der Waals surface area (Å²) in [5, 5.41) is 2.34. The van der Waals surface area contributed by atoms with Crippen molar-refractivity contribution in [3.8, 4) is 22.3 Å². The number of aromatic nitrogens is 1. The average Bonchev–Trinajstić information content (AvgIpc) is 3.32. The second-order valence-corrected chi connectivity index (χ2v) is 11.1. The fourth-order valence-electron chi connectivity index (χ4n) is 6.31. The number of nitrogen functional groups attached to an aromatic ring is 1. The van der Waals surface area contributed by atoms with Crippen LogP contribution in [0.25, 0.3) is 44.1 Å². The number of rotatable bonds is 13. The van der Waals surface area contributed by atoms with Crippen LogP contribution in [0.4, 0.5) is 5.69 Å². The standard InChI is InChI=1S/C35H45N7/c36-14-1-19-42-33-22-26(25-4-2-23(10-15-37)27(20-25)12-17-39)6-7-31(33)32-9-8-30(34(41)35(32)42)29-5-3-24(11-16-38)28(21-29)13-18-40/h2-9,20-22H,1,10-19,36-41H2. The molecule has 0 radical (unpaired) electrons. The van der Waals surface area contributed by atoms with Crippen molar-refractivity contribution in [3.05, 3.63) is 89.0 Å². The number of anilines is 1. The Balaban J connectivity index is 1.67. The van der Waals surface area contributed by atoms with E-state index in [0.717, 1.165) is 77.4 Å². The maximum Gasteiger partial charge on any atom is 0.0731 e. The van der Waals surface area contributed by atoms with E-state index in [1.54, 1.807) is 0 Å². The Morgan fingerprint density at radius 2 is 1.02 bits per heavy atom. The van der Waals surface area contributed by atoms with Crippen molar-refractivity contribution in [3.63, 3.8) is 0 Å². The van der Waals surface area contributed by atoms with Crippen LogP contribution in [-0.2, 0) is 32.2 Å². The molecular weight excluding hydrogens is 518 g/mol. The molecule has 1 aromatic heterocycles. The van der Waals surface area contributed by atoms with Crippen LogP contribution in [0.2, 0.25) is 0 Å². The van der Waals surface area contributed by atoms with Crippen LogP contribution in [0.15, 0.2) is 66.7 Å². The molecule has 0 aliphatic carbocycles. The zero-order valence-corrected chi connectivity index (χ0v) is 24.5. The quantitative estimate of drug-likeness (QED) is 0.118. The van der Waals surface area contributed by atoms with E-state index >= 15 is 0 Å². The van der Waals surface area contributed by atoms with E-state index in [4.69, 9.17) is 34.4 Å². The Morgan fingerprint density at radius 3 is 1.64 bits per heavy atom. The summed E-state index contributed by atoms with van der Waals surface area (Å²) in [6.07, 6.45) is 4.19. The van der Waals surface area contributed by atoms with Gasteiger partial charge in [-0.25, -0.2) is 0 Å². The maximum atomic E-state index is 7.04. The molecule has 0 atom stereocenters. The Hall–Kier alpha value is -3.72. The van der Waals surface area contributed by atoms with Crippen molar-refractivity contribution >= 4 is 27.5 Å². The molecule has 0 bridgehead atoms. The molecule has 220 valence electrons. The predicted molar refractivity (Wildman–Crippen MR) is 179 cm³/mol. The van der Waals surface area contributed by atoms with E-state index in [2.05, 4.69) is 71.3 Å². The first-order chi connectivity index (χ1) is 20.5. The molecule has 1 heterocycles. The summed E-state index contributed by atoms with van der Waals surface area (Å²) >= 11 is 0. The van der Waals surface area contributed by atoms with Gasteiger partial charge in [-0.05, 0) is 110 Å². The fourth-order valence-corrected chi connectivity index (χ4v) is 6.31. The molecule has 0 unspecified atom stereocenters. The molecule has 7 nitrogen and oxygen atoms in total. The van der Waals surface area contributed by atoms with Gasteiger partial charge < -0.3 is 39.0 Å². The van der Waals surface area contributed by atoms with Gasteiger partial charge in [0.15, 0.2) is 0 Å². The SMILES string of the molecule is NCCCn1c2cc(-c3ccc(CCN)c(CCN)c3)ccc2c2ccc(-c3ccc(CCN)c(CCN)c3)c(N)c21. The summed E-state index contributed by atoms with van der Waals surface area (Å²) < 4.78 is 2.35. The molecule has 42 heavy (non-hydrogen) atoms. The molecule has 0 amide bonds. The third kappa shape index (κ3) is 5.79. The maximum absolute atomic E-state index is 7.04. The van der Waals surface area contributed by atoms with Gasteiger partial charge in [-0.3, -0.25) is 0 Å². The number of fused-ring (bicyclic) bond motifs is 3. The Labute approximate surface area is 248 Å². The first kappa shape index (κ1) is 29.8. The summed E-state index contributed by atoms with van der Waals surface area (Å²) in [4.78, 5) is 0. The van der Waals surface area contributed by atoms with Crippen molar-refractivity contribution in [1.29, 1.82) is 0 Å². The predicted octanol–water partition coefficient (Wildman–Crippen LogP) is 4.06. The number of nitrogens with zero attached hydrogens (tertiary/aromatic N) is 1. The first-order valence-corrected chi connectivity index (χ1v) is 15.1. The van der Waals surface area contributed by atoms with Gasteiger partial charge in [0.2, 0.25) is 0 Å². The molecule has 0 saturated carbocycles. The van der Waals surface area contributed by atoms with Gasteiger partial charge in [-0.2, -0.15) is 0 Å². The summed E-state index contributed by atoms with van der Waals surface area (Å²) in [5.74, 6) is 0. The topological polar surface area (TPSA) is 161 Å². The molecular formula is C35H45N7. The van der Waals surface area contributed by atoms with E-state index < -0.39 is 0 Å². The van der Waals surface area contributed by atoms with Gasteiger partial charge in [-0.15, -0.1) is 0 Å². The van der Waals surface area contributed by atoms with E-state index in [0.29, 0.717) is 32.7 Å². The normalized spacial score (nSPS) is 11.6. The Kier molecular flexibility index (Phi) is 9.57. The van der Waals surface area contributed by atoms with Gasteiger partial charge in [0, 0.05) is 28.4 Å². The second-order valence-electron chi connectivity index (χ2n) is 11.1. The summed E-state index contributed by atoms with van der Waals surface area (Å²) in [7, 11) is 0. The van der Waals surface area contributed by atoms with Crippen molar-refractivity contribution < 1.29 is 0 Å². The van der Waals surface area contributed by atoms with E-state index in [-0.39, 0.29) is 0 Å². The highest BCUT2D eigenvalue weighted by Gasteiger charge is 2.18. The van der Waals surface area contributed by atoms with Crippen molar-refractivity contribution in [2.24, 2.45) is 28.7 Å². The lowest BCUT2D eigenvalue weighted by Gasteiger charge is -2.15. The first-order valence-electron chi connectivity index (χ1n) is 15.1. The van der Waals surface area contributed by atoms with Gasteiger partial charge in [0.25, 0.3) is 0 Å². The summed E-state index contributed by atoms with van der Waals surface area (Å²) in [6.45, 7) is 3.83. The number of hydrogen-bond donors (Lipinski definition) is 6. The molecule has 4 aromatic carbocycles. The van der Waals surface area contributed by atoms with Gasteiger partial charge >= 0.3 is 0 Å². The lowest BCUT2D eigenvalue weighted by atomic mass is 9.94. The highest BCUT2D eigenvalue weighted by molar-refractivity contribution is 6.14. The number of aryl methyl sites for hydroxylation is 1. The zero-order chi connectivity index (χ0) is 29.6. The van der Waals surface area contributed by atoms with Gasteiger partial charge in [-0.1, -0.05) is 60.7 Å². The van der Waals surface area contributed by atoms with Crippen molar-refractivity contribution in [2.75, 3.05) is 38.5 Å². The third-order valence-corrected chi connectivity index (χ3v) is 8.36. The second kappa shape index (κ2) is 13.5. The molecule has 0 aliphatic rings. The Bertz CT molecular complexity index is 1680. The number of hydrogen-bond acceptors (Lipinski definition) is 6. The van der Waals surface area contributed by atoms with Crippen molar-refractivity contribution in [2.45, 2.75) is 38.6 Å². The van der Waals surface area contributed by atoms with E-state index in [1.807, 2.05) is 0 Å². The molecule has 0 fully saturated rings. The average molecular weight is 564 g/mol. The number of benzene rings is 4. The van der Waals surface area contributed by atoms with Crippen molar-refractivity contribution in [1.82, 2.24) is 4.57 Å². The van der Waals surface area contributed by atoms with Gasteiger partial charge in [0.05, 0.1) is 11.2 Å². The smallest absolute Gasteiger partial charge is 0.0731 e. The molecule has 5 aromatic rings. The minimum atomic E-state index is 0.592. The Morgan fingerprint density at radius 1 is 0.500 bits per heavy atom. The van der Waals surface area contributed by atoms with Crippen LogP contribution in [0.5, 0.6) is 0 Å². The molecule has 0 saturated heterocycles. The van der Waals surface area contributed by atoms with Crippen LogP contribution in [0.3, 0.4) is 0 Å². The van der Waals surface area contributed by atoms with Crippen LogP contribution in [0, 0.1) is 0 Å². The minimum Gasteiger partial charge on any atom is -0.397 e. The number of nitrogens with two attached hydrogens (primary N) is 6. The summed E-state index contributed by atoms with van der Waals surface area (Å²) in [5.41, 5.74) is 49.2. The van der Waals surface area contributed by atoms with Crippen LogP contribution in [-0.4, -0.2) is 37.3 Å². The largest absolute Gasteiger partial charge is 0.397 e. The lowest BCUT2D eigenvalue weighted by molar-refractivity contribution is 0.688. The van der Waals surface area contributed by atoms with E-state index in [9.17, 15) is 0 Å². The molecule has 7 heteroatoms. The minimum absolute atomic E-state index is 0.592. The molecule has 0 aliphatic heterocycles. The monoisotopic (exact) mass is 563 g/mol. The fraction of sp³-hybridized carbons (Fsp3) is 0.314. The van der Waals surface area contributed by atoms with Crippen LogP contribution in [0.1, 0.15) is 28.7 Å². The molecule has 0 spiro atoms. The van der Waals surface area contributed by atoms with Crippen LogP contribution >= 0.6 is 0 Å². The lowest BCUT2D eigenvalue weighted by Crippen LogP contribution is -2.09. The van der Waals surface area contributed by atoms with Gasteiger partial charge in [0.1, 0.15) is 0 Å².